The third-order valence-corrected chi connectivity index (χ3v) is 7.56. The predicted molar refractivity (Wildman–Crippen MR) is 127 cm³/mol. The van der Waals surface area contributed by atoms with Gasteiger partial charge in [0.25, 0.3) is 5.91 Å². The molecule has 2 aliphatic rings. The van der Waals surface area contributed by atoms with Crippen molar-refractivity contribution in [3.63, 3.8) is 0 Å². The number of aromatic nitrogens is 2. The summed E-state index contributed by atoms with van der Waals surface area (Å²) in [4.78, 5) is 21.7. The van der Waals surface area contributed by atoms with Gasteiger partial charge in [0.2, 0.25) is 5.60 Å². The summed E-state index contributed by atoms with van der Waals surface area (Å²) < 4.78 is 40.0. The van der Waals surface area contributed by atoms with Crippen molar-refractivity contribution in [2.75, 3.05) is 13.1 Å². The Hall–Kier alpha value is -2.91. The molecular formula is C26H29F3N4O2. The number of aromatic amines is 1. The molecule has 4 heterocycles. The zero-order valence-corrected chi connectivity index (χ0v) is 20.0. The number of fused-ring (bicyclic) bond motifs is 2. The highest BCUT2D eigenvalue weighted by molar-refractivity contribution is 5.87. The second-order valence-corrected chi connectivity index (χ2v) is 9.89. The van der Waals surface area contributed by atoms with Gasteiger partial charge in [-0.25, -0.2) is 4.98 Å². The minimum absolute atomic E-state index is 0.0432. The number of nitrogens with one attached hydrogen (secondary N) is 2. The summed E-state index contributed by atoms with van der Waals surface area (Å²) in [6.07, 6.45) is -0.864. The number of benzene rings is 1. The molecule has 1 aromatic carbocycles. The maximum Gasteiger partial charge on any atom is 0.426 e. The van der Waals surface area contributed by atoms with Gasteiger partial charge >= 0.3 is 6.18 Å². The first kappa shape index (κ1) is 23.8. The molecule has 1 amide bonds. The summed E-state index contributed by atoms with van der Waals surface area (Å²) in [6, 6.07) is 6.33. The van der Waals surface area contributed by atoms with Crippen LogP contribution in [0.15, 0.2) is 24.4 Å². The Bertz CT molecular complexity index is 1310. The minimum atomic E-state index is -5.04. The van der Waals surface area contributed by atoms with E-state index in [9.17, 15) is 23.1 Å². The topological polar surface area (TPSA) is 81.2 Å². The second kappa shape index (κ2) is 8.34. The van der Waals surface area contributed by atoms with Crippen molar-refractivity contribution >= 4 is 16.9 Å². The van der Waals surface area contributed by atoms with E-state index in [1.807, 2.05) is 13.1 Å². The third-order valence-electron chi connectivity index (χ3n) is 7.56. The summed E-state index contributed by atoms with van der Waals surface area (Å²) in [6.45, 7) is 5.63. The van der Waals surface area contributed by atoms with E-state index in [4.69, 9.17) is 0 Å². The van der Waals surface area contributed by atoms with Gasteiger partial charge in [-0.15, -0.1) is 0 Å². The average Bonchev–Trinajstić information content (AvgIpc) is 3.45. The number of aryl methyl sites for hydroxylation is 2. The number of alkyl halides is 3. The molecule has 6 nitrogen and oxygen atoms in total. The molecule has 1 saturated heterocycles. The van der Waals surface area contributed by atoms with Gasteiger partial charge in [0.1, 0.15) is 5.65 Å². The van der Waals surface area contributed by atoms with E-state index in [1.54, 1.807) is 0 Å². The Labute approximate surface area is 201 Å². The molecule has 0 radical (unpaired) electrons. The fraction of sp³-hybridized carbons (Fsp3) is 0.462. The highest BCUT2D eigenvalue weighted by Crippen LogP contribution is 2.38. The van der Waals surface area contributed by atoms with Crippen LogP contribution < -0.4 is 5.32 Å². The van der Waals surface area contributed by atoms with Crippen LogP contribution in [0.25, 0.3) is 22.2 Å². The predicted octanol–water partition coefficient (Wildman–Crippen LogP) is 4.47. The van der Waals surface area contributed by atoms with Gasteiger partial charge < -0.3 is 20.3 Å². The van der Waals surface area contributed by atoms with Crippen LogP contribution in [0.4, 0.5) is 13.2 Å². The molecule has 3 N–H and O–H groups in total. The summed E-state index contributed by atoms with van der Waals surface area (Å²) in [7, 11) is 0. The number of aliphatic hydroxyl groups is 1. The smallest absolute Gasteiger partial charge is 0.373 e. The Balaban J connectivity index is 1.56. The Morgan fingerprint density at radius 3 is 2.66 bits per heavy atom. The molecule has 5 rings (SSSR count). The van der Waals surface area contributed by atoms with Crippen molar-refractivity contribution in [2.24, 2.45) is 0 Å². The lowest BCUT2D eigenvalue weighted by Gasteiger charge is -2.36. The highest BCUT2D eigenvalue weighted by Gasteiger charge is 2.57. The Morgan fingerprint density at radius 2 is 1.97 bits per heavy atom. The molecule has 0 saturated carbocycles. The second-order valence-electron chi connectivity index (χ2n) is 9.89. The number of hydrogen-bond donors (Lipinski definition) is 3. The van der Waals surface area contributed by atoms with E-state index in [-0.39, 0.29) is 19.1 Å². The van der Waals surface area contributed by atoms with Crippen molar-refractivity contribution in [3.8, 4) is 11.1 Å². The molecule has 9 heteroatoms. The summed E-state index contributed by atoms with van der Waals surface area (Å²) >= 11 is 0. The number of pyridine rings is 1. The molecule has 2 aromatic heterocycles. The fourth-order valence-corrected chi connectivity index (χ4v) is 5.21. The molecule has 0 aliphatic carbocycles. The van der Waals surface area contributed by atoms with Crippen molar-refractivity contribution in [1.29, 1.82) is 0 Å². The molecule has 35 heavy (non-hydrogen) atoms. The Kier molecular flexibility index (Phi) is 5.68. The van der Waals surface area contributed by atoms with Crippen LogP contribution in [0.3, 0.4) is 0 Å². The molecule has 2 atom stereocenters. The minimum Gasteiger partial charge on any atom is -0.373 e. The first-order chi connectivity index (χ1) is 16.5. The van der Waals surface area contributed by atoms with Crippen LogP contribution in [0.5, 0.6) is 0 Å². The number of H-pyrrole nitrogens is 1. The number of hydrogen-bond acceptors (Lipinski definition) is 4. The quantitative estimate of drug-likeness (QED) is 0.510. The highest BCUT2D eigenvalue weighted by atomic mass is 19.4. The molecule has 1 fully saturated rings. The van der Waals surface area contributed by atoms with E-state index in [2.05, 4.69) is 40.4 Å². The van der Waals surface area contributed by atoms with Crippen molar-refractivity contribution in [3.05, 3.63) is 52.3 Å². The number of carbonyl (C=O) groups is 1. The lowest BCUT2D eigenvalue weighted by molar-refractivity contribution is -0.250. The third kappa shape index (κ3) is 4.00. The molecule has 0 spiro atoms. The first-order valence-electron chi connectivity index (χ1n) is 11.9. The number of amides is 1. The monoisotopic (exact) mass is 486 g/mol. The maximum atomic E-state index is 13.3. The lowest BCUT2D eigenvalue weighted by Crippen LogP contribution is -2.56. The van der Waals surface area contributed by atoms with E-state index in [1.165, 1.54) is 0 Å². The zero-order valence-electron chi connectivity index (χ0n) is 20.0. The fourth-order valence-electron chi connectivity index (χ4n) is 5.21. The molecule has 1 unspecified atom stereocenters. The zero-order chi connectivity index (χ0) is 25.1. The van der Waals surface area contributed by atoms with Gasteiger partial charge in [-0.3, -0.25) is 4.79 Å². The van der Waals surface area contributed by atoms with Crippen molar-refractivity contribution in [1.82, 2.24) is 20.2 Å². The van der Waals surface area contributed by atoms with Gasteiger partial charge in [0.15, 0.2) is 0 Å². The van der Waals surface area contributed by atoms with Crippen LogP contribution in [0, 0.1) is 13.8 Å². The largest absolute Gasteiger partial charge is 0.426 e. The van der Waals surface area contributed by atoms with E-state index in [0.29, 0.717) is 13.3 Å². The normalized spacial score (nSPS) is 20.2. The molecule has 3 aromatic rings. The maximum absolute atomic E-state index is 13.3. The van der Waals surface area contributed by atoms with Crippen LogP contribution in [-0.4, -0.2) is 50.7 Å². The van der Waals surface area contributed by atoms with Gasteiger partial charge in [-0.05, 0) is 86.5 Å². The molecule has 2 aliphatic heterocycles. The van der Waals surface area contributed by atoms with Gasteiger partial charge in [0, 0.05) is 42.0 Å². The van der Waals surface area contributed by atoms with E-state index < -0.39 is 17.7 Å². The number of carbonyl (C=O) groups excluding carboxylic acids is 1. The lowest BCUT2D eigenvalue weighted by atomic mass is 9.86. The van der Waals surface area contributed by atoms with Gasteiger partial charge in [-0.1, -0.05) is 6.07 Å². The van der Waals surface area contributed by atoms with Crippen LogP contribution >= 0.6 is 0 Å². The van der Waals surface area contributed by atoms with Crippen molar-refractivity contribution in [2.45, 2.75) is 64.4 Å². The Morgan fingerprint density at radius 1 is 1.20 bits per heavy atom. The average molecular weight is 487 g/mol. The van der Waals surface area contributed by atoms with E-state index >= 15 is 0 Å². The molecule has 186 valence electrons. The molecule has 0 bridgehead atoms. The van der Waals surface area contributed by atoms with E-state index in [0.717, 1.165) is 74.4 Å². The first-order valence-corrected chi connectivity index (χ1v) is 11.9. The van der Waals surface area contributed by atoms with Crippen LogP contribution in [-0.2, 0) is 17.8 Å². The van der Waals surface area contributed by atoms with Crippen LogP contribution in [0.2, 0.25) is 0 Å². The number of nitrogens with zero attached hydrogens (tertiary/aromatic N) is 2. The van der Waals surface area contributed by atoms with Crippen molar-refractivity contribution < 1.29 is 23.1 Å². The molecular weight excluding hydrogens is 457 g/mol. The standard InChI is InChI=1S/C26H29F3N4O2/c1-14-15(2)32-23-19(14)11-18(12-31-23)17-9-16-6-8-33(24(34)25(3,35)26(27,28)29)13-21(16)20(10-17)22-5-4-7-30-22/h9-12,22,30,35H,4-8,13H2,1-3H3,(H,31,32)/t22-,25?/m0/s1. The number of rotatable bonds is 3. The van der Waals surface area contributed by atoms with Gasteiger partial charge in [-0.2, -0.15) is 13.2 Å². The van der Waals surface area contributed by atoms with Crippen LogP contribution in [0.1, 0.15) is 53.8 Å². The summed E-state index contributed by atoms with van der Waals surface area (Å²) in [5.74, 6) is -1.31. The van der Waals surface area contributed by atoms with Gasteiger partial charge in [0.05, 0.1) is 0 Å². The number of halogens is 3. The summed E-state index contributed by atoms with van der Waals surface area (Å²) in [5, 5.41) is 14.5. The summed E-state index contributed by atoms with van der Waals surface area (Å²) in [5.41, 5.74) is 4.51. The SMILES string of the molecule is Cc1[nH]c2ncc(-c3cc4c(c([C@@H]5CCCN5)c3)CN(C(=O)C(C)(O)C(F)(F)F)CC4)cc2c1C.